The fourth-order valence-corrected chi connectivity index (χ4v) is 4.57. The minimum atomic E-state index is -0.748. The van der Waals surface area contributed by atoms with Gasteiger partial charge in [0.15, 0.2) is 5.75 Å². The second-order valence-corrected chi connectivity index (χ2v) is 8.54. The van der Waals surface area contributed by atoms with Crippen LogP contribution < -0.4 is 4.74 Å². The van der Waals surface area contributed by atoms with E-state index in [1.54, 1.807) is 0 Å². The molecule has 9 nitrogen and oxygen atoms in total. The van der Waals surface area contributed by atoms with Crippen LogP contribution in [0.3, 0.4) is 0 Å². The molecule has 2 aliphatic rings. The summed E-state index contributed by atoms with van der Waals surface area (Å²) in [6.07, 6.45) is 6.10. The van der Waals surface area contributed by atoms with Gasteiger partial charge >= 0.3 is 11.7 Å². The Balaban J connectivity index is 1.75. The van der Waals surface area contributed by atoms with Gasteiger partial charge in [-0.2, -0.15) is 0 Å². The lowest BCUT2D eigenvalue weighted by Crippen LogP contribution is -2.36. The van der Waals surface area contributed by atoms with Gasteiger partial charge in [-0.15, -0.1) is 0 Å². The number of rotatable bonds is 6. The summed E-state index contributed by atoms with van der Waals surface area (Å²) in [6.45, 7) is -0.280. The zero-order chi connectivity index (χ0) is 21.8. The number of nitrogens with zero attached hydrogens (tertiary/aromatic N) is 2. The Morgan fingerprint density at radius 2 is 2.10 bits per heavy atom. The van der Waals surface area contributed by atoms with Gasteiger partial charge in [0.2, 0.25) is 5.75 Å². The molecule has 3 rings (SSSR count). The normalized spacial score (nSPS) is 18.7. The van der Waals surface area contributed by atoms with Gasteiger partial charge in [-0.25, -0.2) is 0 Å². The Kier molecular flexibility index (Phi) is 6.93. The number of methoxy groups -OCH3 is 1. The largest absolute Gasteiger partial charge is 0.500 e. The summed E-state index contributed by atoms with van der Waals surface area (Å²) in [7, 11) is 1.26. The quantitative estimate of drug-likeness (QED) is 0.228. The molecule has 1 N–H and O–H groups in total. The third-order valence-electron chi connectivity index (χ3n) is 4.80. The van der Waals surface area contributed by atoms with Crippen molar-refractivity contribution >= 4 is 51.9 Å². The molecule has 1 amide bonds. The minimum absolute atomic E-state index is 0.0954. The standard InChI is InChI=1S/C19H20N2O7S2/c1-27-14-8-11(7-13(17(14)23)21(25)26)9-15-18(24)20(19(29)30-15)10-16(22)28-12-5-3-2-4-6-12/h7-9,12,23H,2-6,10H2,1H3/b15-9-. The Labute approximate surface area is 182 Å². The van der Waals surface area contributed by atoms with Gasteiger partial charge in [-0.3, -0.25) is 24.6 Å². The number of amides is 1. The number of nitro benzene ring substituents is 1. The first-order chi connectivity index (χ1) is 14.3. The van der Waals surface area contributed by atoms with Crippen molar-refractivity contribution in [3.63, 3.8) is 0 Å². The summed E-state index contributed by atoms with van der Waals surface area (Å²) < 4.78 is 10.6. The smallest absolute Gasteiger partial charge is 0.326 e. The third-order valence-corrected chi connectivity index (χ3v) is 6.18. The first-order valence-corrected chi connectivity index (χ1v) is 10.5. The number of ether oxygens (including phenoxy) is 2. The fraction of sp³-hybridized carbons (Fsp3) is 0.421. The lowest BCUT2D eigenvalue weighted by molar-refractivity contribution is -0.386. The fourth-order valence-electron chi connectivity index (χ4n) is 3.31. The first-order valence-electron chi connectivity index (χ1n) is 9.30. The van der Waals surface area contributed by atoms with Crippen molar-refractivity contribution in [2.24, 2.45) is 0 Å². The molecule has 0 radical (unpaired) electrons. The molecule has 0 unspecified atom stereocenters. The van der Waals surface area contributed by atoms with Gasteiger partial charge in [-0.05, 0) is 43.4 Å². The molecule has 160 valence electrons. The average molecular weight is 453 g/mol. The number of esters is 1. The van der Waals surface area contributed by atoms with Crippen molar-refractivity contribution in [1.29, 1.82) is 0 Å². The number of benzene rings is 1. The number of aromatic hydroxyl groups is 1. The summed E-state index contributed by atoms with van der Waals surface area (Å²) in [4.78, 5) is 36.7. The Hall–Kier alpha value is -2.66. The van der Waals surface area contributed by atoms with E-state index in [4.69, 9.17) is 21.7 Å². The van der Waals surface area contributed by atoms with Gasteiger partial charge in [0.05, 0.1) is 16.9 Å². The van der Waals surface area contributed by atoms with Gasteiger partial charge in [-0.1, -0.05) is 30.4 Å². The van der Waals surface area contributed by atoms with Crippen molar-refractivity contribution in [2.45, 2.75) is 38.2 Å². The van der Waals surface area contributed by atoms with Crippen molar-refractivity contribution < 1.29 is 29.1 Å². The molecule has 0 atom stereocenters. The molecule has 1 aromatic carbocycles. The average Bonchev–Trinajstić information content (AvgIpc) is 2.97. The van der Waals surface area contributed by atoms with Crippen LogP contribution in [0, 0.1) is 10.1 Å². The molecule has 0 aromatic heterocycles. The highest BCUT2D eigenvalue weighted by atomic mass is 32.2. The molecule has 2 fully saturated rings. The van der Waals surface area contributed by atoms with Gasteiger partial charge < -0.3 is 14.6 Å². The molecule has 1 aliphatic heterocycles. The topological polar surface area (TPSA) is 119 Å². The van der Waals surface area contributed by atoms with Crippen LogP contribution in [0.15, 0.2) is 17.0 Å². The minimum Gasteiger partial charge on any atom is -0.500 e. The van der Waals surface area contributed by atoms with Crippen LogP contribution in [0.4, 0.5) is 5.69 Å². The highest BCUT2D eigenvalue weighted by molar-refractivity contribution is 8.26. The molecule has 1 aliphatic carbocycles. The predicted octanol–water partition coefficient (Wildman–Crippen LogP) is 3.39. The molecule has 0 bridgehead atoms. The van der Waals surface area contributed by atoms with E-state index in [1.165, 1.54) is 19.3 Å². The van der Waals surface area contributed by atoms with Crippen LogP contribution in [0.1, 0.15) is 37.7 Å². The molecule has 1 saturated heterocycles. The molecular weight excluding hydrogens is 432 g/mol. The summed E-state index contributed by atoms with van der Waals surface area (Å²) in [6, 6.07) is 2.49. The van der Waals surface area contributed by atoms with E-state index >= 15 is 0 Å². The number of hydrogen-bond donors (Lipinski definition) is 1. The van der Waals surface area contributed by atoms with Gasteiger partial charge in [0.1, 0.15) is 17.0 Å². The van der Waals surface area contributed by atoms with Crippen LogP contribution >= 0.6 is 24.0 Å². The zero-order valence-electron chi connectivity index (χ0n) is 16.2. The summed E-state index contributed by atoms with van der Waals surface area (Å²) in [5, 5.41) is 21.0. The van der Waals surface area contributed by atoms with E-state index in [2.05, 4.69) is 0 Å². The number of phenols is 1. The third kappa shape index (κ3) is 4.90. The number of thiocarbonyl (C=S) groups is 1. The number of phenolic OH excluding ortho intramolecular Hbond substituents is 1. The maximum absolute atomic E-state index is 12.7. The van der Waals surface area contributed by atoms with E-state index in [-0.39, 0.29) is 33.2 Å². The lowest BCUT2D eigenvalue weighted by atomic mass is 9.98. The van der Waals surface area contributed by atoms with E-state index in [0.29, 0.717) is 0 Å². The molecule has 30 heavy (non-hydrogen) atoms. The van der Waals surface area contributed by atoms with Gasteiger partial charge in [0, 0.05) is 6.07 Å². The maximum atomic E-state index is 12.7. The highest BCUT2D eigenvalue weighted by Crippen LogP contribution is 2.39. The number of thioether (sulfide) groups is 1. The number of carbonyl (C=O) groups is 2. The van der Waals surface area contributed by atoms with Crippen molar-refractivity contribution in [3.8, 4) is 11.5 Å². The zero-order valence-corrected chi connectivity index (χ0v) is 17.8. The summed E-state index contributed by atoms with van der Waals surface area (Å²) in [5.41, 5.74) is -0.270. The monoisotopic (exact) mass is 452 g/mol. The first kappa shape index (κ1) is 22.0. The predicted molar refractivity (Wildman–Crippen MR) is 114 cm³/mol. The maximum Gasteiger partial charge on any atom is 0.326 e. The number of carbonyl (C=O) groups excluding carboxylic acids is 2. The molecule has 1 aromatic rings. The van der Waals surface area contributed by atoms with Crippen LogP contribution in [0.5, 0.6) is 11.5 Å². The summed E-state index contributed by atoms with van der Waals surface area (Å²) in [5.74, 6) is -1.69. The van der Waals surface area contributed by atoms with Crippen LogP contribution in [-0.2, 0) is 14.3 Å². The lowest BCUT2D eigenvalue weighted by Gasteiger charge is -2.23. The Bertz CT molecular complexity index is 926. The van der Waals surface area contributed by atoms with Gasteiger partial charge in [0.25, 0.3) is 5.91 Å². The molecule has 1 saturated carbocycles. The second-order valence-electron chi connectivity index (χ2n) is 6.87. The van der Waals surface area contributed by atoms with Crippen molar-refractivity contribution in [3.05, 3.63) is 32.7 Å². The number of hydrogen-bond acceptors (Lipinski definition) is 9. The van der Waals surface area contributed by atoms with Crippen LogP contribution in [0.2, 0.25) is 0 Å². The van der Waals surface area contributed by atoms with E-state index < -0.39 is 28.2 Å². The highest BCUT2D eigenvalue weighted by Gasteiger charge is 2.34. The Morgan fingerprint density at radius 3 is 2.73 bits per heavy atom. The summed E-state index contributed by atoms with van der Waals surface area (Å²) >= 11 is 6.20. The van der Waals surface area contributed by atoms with Crippen molar-refractivity contribution in [1.82, 2.24) is 4.90 Å². The SMILES string of the molecule is COc1cc(/C=C2\SC(=S)N(CC(=O)OC3CCCCC3)C2=O)cc([N+](=O)[O-])c1O. The van der Waals surface area contributed by atoms with Crippen molar-refractivity contribution in [2.75, 3.05) is 13.7 Å². The van der Waals surface area contributed by atoms with Crippen LogP contribution in [0.25, 0.3) is 6.08 Å². The molecule has 0 spiro atoms. The molecular formula is C19H20N2O7S2. The van der Waals surface area contributed by atoms with E-state index in [1.807, 2.05) is 0 Å². The molecule has 1 heterocycles. The molecule has 11 heteroatoms. The Morgan fingerprint density at radius 1 is 1.40 bits per heavy atom. The van der Waals surface area contributed by atoms with E-state index in [0.717, 1.165) is 54.8 Å². The second kappa shape index (κ2) is 9.43. The number of nitro groups is 1. The van der Waals surface area contributed by atoms with Crippen LogP contribution in [-0.4, -0.2) is 50.9 Å². The van der Waals surface area contributed by atoms with E-state index in [9.17, 15) is 24.8 Å².